The Hall–Kier alpha value is -2.96. The number of benzene rings is 1. The second kappa shape index (κ2) is 7.22. The average Bonchev–Trinajstić information content (AvgIpc) is 3.35. The number of nitrogens with one attached hydrogen (secondary N) is 1. The molecule has 1 saturated carbocycles. The summed E-state index contributed by atoms with van der Waals surface area (Å²) in [4.78, 5) is 24.3. The van der Waals surface area contributed by atoms with Crippen molar-refractivity contribution in [3.8, 4) is 11.5 Å². The molecular formula is C21H23NO6. The first-order valence-electron chi connectivity index (χ1n) is 9.61. The predicted octanol–water partition coefficient (Wildman–Crippen LogP) is 3.51. The van der Waals surface area contributed by atoms with Crippen LogP contribution in [0, 0.1) is 0 Å². The molecule has 28 heavy (non-hydrogen) atoms. The quantitative estimate of drug-likeness (QED) is 0.817. The van der Waals surface area contributed by atoms with Gasteiger partial charge in [0.1, 0.15) is 24.5 Å². The van der Waals surface area contributed by atoms with Crippen LogP contribution in [-0.4, -0.2) is 30.2 Å². The van der Waals surface area contributed by atoms with Gasteiger partial charge in [-0.1, -0.05) is 25.8 Å². The molecule has 0 radical (unpaired) electrons. The maximum absolute atomic E-state index is 12.9. The van der Waals surface area contributed by atoms with E-state index in [4.69, 9.17) is 13.9 Å². The lowest BCUT2D eigenvalue weighted by molar-refractivity contribution is 0.0694. The highest BCUT2D eigenvalue weighted by Crippen LogP contribution is 2.42. The van der Waals surface area contributed by atoms with Crippen LogP contribution in [0.5, 0.6) is 11.5 Å². The SMILES string of the molecule is CCc1oc(C(=O)NC2(c3ccc4c(c3)OCCO4)CCCC2)cc1C(=O)O. The lowest BCUT2D eigenvalue weighted by Crippen LogP contribution is -2.43. The van der Waals surface area contributed by atoms with Gasteiger partial charge in [-0.05, 0) is 30.5 Å². The van der Waals surface area contributed by atoms with E-state index in [1.54, 1.807) is 6.92 Å². The first-order valence-corrected chi connectivity index (χ1v) is 9.61. The number of aryl methyl sites for hydroxylation is 1. The van der Waals surface area contributed by atoms with Gasteiger partial charge in [0.15, 0.2) is 17.3 Å². The van der Waals surface area contributed by atoms with E-state index in [1.165, 1.54) is 6.07 Å². The van der Waals surface area contributed by atoms with Crippen molar-refractivity contribution in [2.45, 2.75) is 44.6 Å². The van der Waals surface area contributed by atoms with Crippen LogP contribution in [0.25, 0.3) is 0 Å². The molecule has 1 fully saturated rings. The molecule has 1 aromatic heterocycles. The number of amides is 1. The third-order valence-electron chi connectivity index (χ3n) is 5.49. The van der Waals surface area contributed by atoms with Crippen molar-refractivity contribution in [3.05, 3.63) is 46.9 Å². The highest BCUT2D eigenvalue weighted by Gasteiger charge is 2.39. The zero-order chi connectivity index (χ0) is 19.7. The summed E-state index contributed by atoms with van der Waals surface area (Å²) >= 11 is 0. The molecule has 148 valence electrons. The number of carbonyl (C=O) groups is 2. The molecule has 0 unspecified atom stereocenters. The number of ether oxygens (including phenoxy) is 2. The Labute approximate surface area is 162 Å². The molecule has 0 bridgehead atoms. The van der Waals surface area contributed by atoms with Crippen molar-refractivity contribution in [1.82, 2.24) is 5.32 Å². The normalized spacial score (nSPS) is 17.3. The molecule has 2 heterocycles. The van der Waals surface area contributed by atoms with E-state index >= 15 is 0 Å². The highest BCUT2D eigenvalue weighted by atomic mass is 16.6. The third kappa shape index (κ3) is 3.21. The molecule has 1 aliphatic heterocycles. The number of carboxylic acids is 1. The summed E-state index contributed by atoms with van der Waals surface area (Å²) in [5.74, 6) is 0.222. The fraction of sp³-hybridized carbons (Fsp3) is 0.429. The molecule has 1 aromatic carbocycles. The van der Waals surface area contributed by atoms with Crippen molar-refractivity contribution in [1.29, 1.82) is 0 Å². The van der Waals surface area contributed by atoms with E-state index in [-0.39, 0.29) is 11.3 Å². The Balaban J connectivity index is 1.64. The second-order valence-electron chi connectivity index (χ2n) is 7.21. The molecule has 7 heteroatoms. The van der Waals surface area contributed by atoms with Crippen molar-refractivity contribution in [2.75, 3.05) is 13.2 Å². The van der Waals surface area contributed by atoms with Gasteiger partial charge >= 0.3 is 5.97 Å². The van der Waals surface area contributed by atoms with Crippen molar-refractivity contribution < 1.29 is 28.6 Å². The zero-order valence-electron chi connectivity index (χ0n) is 15.7. The third-order valence-corrected chi connectivity index (χ3v) is 5.49. The minimum Gasteiger partial charge on any atom is -0.486 e. The molecule has 0 atom stereocenters. The lowest BCUT2D eigenvalue weighted by Gasteiger charge is -2.32. The number of aromatic carboxylic acids is 1. The van der Waals surface area contributed by atoms with Gasteiger partial charge in [-0.2, -0.15) is 0 Å². The van der Waals surface area contributed by atoms with Crippen LogP contribution in [0.1, 0.15) is 64.8 Å². The minimum absolute atomic E-state index is 0.0260. The number of furan rings is 1. The van der Waals surface area contributed by atoms with E-state index in [1.807, 2.05) is 18.2 Å². The van der Waals surface area contributed by atoms with Crippen LogP contribution in [-0.2, 0) is 12.0 Å². The standard InChI is InChI=1S/C21H23NO6/c1-2-15-14(20(24)25)12-18(28-15)19(23)22-21(7-3-4-8-21)13-5-6-16-17(11-13)27-10-9-26-16/h5-6,11-12H,2-4,7-10H2,1H3,(H,22,23)(H,24,25). The molecule has 2 N–H and O–H groups in total. The Morgan fingerprint density at radius 2 is 1.82 bits per heavy atom. The Kier molecular flexibility index (Phi) is 4.75. The van der Waals surface area contributed by atoms with E-state index < -0.39 is 17.4 Å². The van der Waals surface area contributed by atoms with Gasteiger partial charge in [0.25, 0.3) is 5.91 Å². The first-order chi connectivity index (χ1) is 13.5. The van der Waals surface area contributed by atoms with Gasteiger partial charge in [-0.25, -0.2) is 4.79 Å². The molecule has 0 saturated heterocycles. The summed E-state index contributed by atoms with van der Waals surface area (Å²) in [5, 5.41) is 12.4. The van der Waals surface area contributed by atoms with E-state index in [9.17, 15) is 14.7 Å². The van der Waals surface area contributed by atoms with Gasteiger partial charge in [0.05, 0.1) is 5.54 Å². The first kappa shape index (κ1) is 18.4. The van der Waals surface area contributed by atoms with E-state index in [0.717, 1.165) is 31.2 Å². The van der Waals surface area contributed by atoms with Crippen molar-refractivity contribution >= 4 is 11.9 Å². The van der Waals surface area contributed by atoms with Gasteiger partial charge in [-0.3, -0.25) is 4.79 Å². The topological polar surface area (TPSA) is 98.0 Å². The number of fused-ring (bicyclic) bond motifs is 1. The molecular weight excluding hydrogens is 362 g/mol. The summed E-state index contributed by atoms with van der Waals surface area (Å²) in [6, 6.07) is 7.08. The summed E-state index contributed by atoms with van der Waals surface area (Å²) in [7, 11) is 0. The fourth-order valence-electron chi connectivity index (χ4n) is 4.07. The van der Waals surface area contributed by atoms with Crippen LogP contribution in [0.15, 0.2) is 28.7 Å². The molecule has 2 aliphatic rings. The summed E-state index contributed by atoms with van der Waals surface area (Å²) in [5.41, 5.74) is 0.464. The number of carboxylic acid groups (broad SMARTS) is 1. The molecule has 2 aromatic rings. The maximum atomic E-state index is 12.9. The smallest absolute Gasteiger partial charge is 0.339 e. The number of hydrogen-bond acceptors (Lipinski definition) is 5. The zero-order valence-corrected chi connectivity index (χ0v) is 15.7. The second-order valence-corrected chi connectivity index (χ2v) is 7.21. The molecule has 0 spiro atoms. The van der Waals surface area contributed by atoms with Gasteiger partial charge in [0, 0.05) is 12.5 Å². The van der Waals surface area contributed by atoms with Gasteiger partial charge in [0.2, 0.25) is 0 Å². The lowest BCUT2D eigenvalue weighted by atomic mass is 9.87. The molecule has 4 rings (SSSR count). The van der Waals surface area contributed by atoms with Crippen LogP contribution in [0.4, 0.5) is 0 Å². The minimum atomic E-state index is -1.10. The average molecular weight is 385 g/mol. The molecule has 7 nitrogen and oxygen atoms in total. The van der Waals surface area contributed by atoms with Crippen molar-refractivity contribution in [2.24, 2.45) is 0 Å². The Bertz CT molecular complexity index is 910. The van der Waals surface area contributed by atoms with E-state index in [2.05, 4.69) is 5.32 Å². The van der Waals surface area contributed by atoms with Crippen LogP contribution in [0.2, 0.25) is 0 Å². The Morgan fingerprint density at radius 3 is 2.46 bits per heavy atom. The fourth-order valence-corrected chi connectivity index (χ4v) is 4.07. The van der Waals surface area contributed by atoms with E-state index in [0.29, 0.717) is 36.9 Å². The summed E-state index contributed by atoms with van der Waals surface area (Å²) in [6.45, 7) is 2.82. The molecule has 1 aliphatic carbocycles. The predicted molar refractivity (Wildman–Crippen MR) is 100 cm³/mol. The van der Waals surface area contributed by atoms with Crippen LogP contribution < -0.4 is 14.8 Å². The number of hydrogen-bond donors (Lipinski definition) is 2. The largest absolute Gasteiger partial charge is 0.486 e. The summed E-state index contributed by atoms with van der Waals surface area (Å²) < 4.78 is 16.8. The molecule has 1 amide bonds. The number of rotatable bonds is 5. The van der Waals surface area contributed by atoms with Crippen LogP contribution in [0.3, 0.4) is 0 Å². The highest BCUT2D eigenvalue weighted by molar-refractivity contribution is 5.96. The van der Waals surface area contributed by atoms with Crippen molar-refractivity contribution in [3.63, 3.8) is 0 Å². The number of carbonyl (C=O) groups excluding carboxylic acids is 1. The monoisotopic (exact) mass is 385 g/mol. The van der Waals surface area contributed by atoms with Crippen LogP contribution >= 0.6 is 0 Å². The van der Waals surface area contributed by atoms with Gasteiger partial charge in [-0.15, -0.1) is 0 Å². The Morgan fingerprint density at radius 1 is 1.11 bits per heavy atom. The summed E-state index contributed by atoms with van der Waals surface area (Å²) in [6.07, 6.45) is 3.99. The van der Waals surface area contributed by atoms with Gasteiger partial charge < -0.3 is 24.3 Å². The maximum Gasteiger partial charge on any atom is 0.339 e.